The molecule has 5 nitrogen and oxygen atoms in total. The summed E-state index contributed by atoms with van der Waals surface area (Å²) < 4.78 is 33.2. The Balaban J connectivity index is 2.11. The molecule has 0 fully saturated rings. The highest BCUT2D eigenvalue weighted by molar-refractivity contribution is 7.80. The van der Waals surface area contributed by atoms with Crippen molar-refractivity contribution in [2.45, 2.75) is 0 Å². The molecule has 0 heterocycles. The van der Waals surface area contributed by atoms with E-state index in [1.807, 2.05) is 42.5 Å². The van der Waals surface area contributed by atoms with E-state index >= 15 is 0 Å². The van der Waals surface area contributed by atoms with Crippen molar-refractivity contribution in [3.8, 4) is 11.1 Å². The molecule has 2 aromatic carbocycles. The van der Waals surface area contributed by atoms with Crippen molar-refractivity contribution < 1.29 is 17.3 Å². The molecule has 0 aliphatic carbocycles. The van der Waals surface area contributed by atoms with Gasteiger partial charge in [-0.3, -0.25) is 4.55 Å². The molecule has 0 saturated carbocycles. The molecule has 0 aliphatic rings. The van der Waals surface area contributed by atoms with Gasteiger partial charge in [-0.2, -0.15) is 8.42 Å². The number of anilines is 1. The molecule has 18 heavy (non-hydrogen) atoms. The summed E-state index contributed by atoms with van der Waals surface area (Å²) in [5.41, 5.74) is 4.60. The molecule has 0 unspecified atom stereocenters. The third kappa shape index (κ3) is 3.56. The summed E-state index contributed by atoms with van der Waals surface area (Å²) in [6, 6.07) is 16.6. The molecule has 2 aromatic rings. The molecule has 0 atom stereocenters. The van der Waals surface area contributed by atoms with Gasteiger partial charge in [0.25, 0.3) is 0 Å². The number of nitrogens with one attached hydrogen (secondary N) is 1. The van der Waals surface area contributed by atoms with Gasteiger partial charge in [-0.15, -0.1) is 4.28 Å². The van der Waals surface area contributed by atoms with Crippen molar-refractivity contribution in [3.05, 3.63) is 54.6 Å². The summed E-state index contributed by atoms with van der Waals surface area (Å²) in [7, 11) is -4.50. The minimum absolute atomic E-state index is 0.423. The fourth-order valence-corrected chi connectivity index (χ4v) is 1.66. The fraction of sp³-hybridized carbons (Fsp3) is 0. The minimum atomic E-state index is -4.50. The Morgan fingerprint density at radius 1 is 0.889 bits per heavy atom. The van der Waals surface area contributed by atoms with Gasteiger partial charge >= 0.3 is 10.4 Å². The van der Waals surface area contributed by atoms with Crippen LogP contribution in [0.4, 0.5) is 5.69 Å². The second kappa shape index (κ2) is 5.18. The van der Waals surface area contributed by atoms with E-state index in [9.17, 15) is 8.42 Å². The summed E-state index contributed by atoms with van der Waals surface area (Å²) in [6.07, 6.45) is 0. The average Bonchev–Trinajstić information content (AvgIpc) is 2.37. The lowest BCUT2D eigenvalue weighted by atomic mass is 10.1. The molecule has 0 aromatic heterocycles. The van der Waals surface area contributed by atoms with Crippen molar-refractivity contribution >= 4 is 16.1 Å². The van der Waals surface area contributed by atoms with Crippen LogP contribution in [-0.4, -0.2) is 13.0 Å². The van der Waals surface area contributed by atoms with Crippen LogP contribution in [0.2, 0.25) is 0 Å². The molecule has 2 rings (SSSR count). The summed E-state index contributed by atoms with van der Waals surface area (Å²) in [6.45, 7) is 0. The van der Waals surface area contributed by atoms with Crippen molar-refractivity contribution in [2.75, 3.05) is 5.48 Å². The summed E-state index contributed by atoms with van der Waals surface area (Å²) in [4.78, 5) is 0. The number of benzene rings is 2. The zero-order valence-electron chi connectivity index (χ0n) is 9.28. The SMILES string of the molecule is O=S(=O)(O)ONc1ccc(-c2ccccc2)cc1. The smallest absolute Gasteiger partial charge is 0.262 e. The molecule has 0 spiro atoms. The standard InChI is InChI=1S/C12H11NO4S/c14-18(15,16)17-13-12-8-6-11(7-9-12)10-4-2-1-3-5-10/h1-9,13H,(H,14,15,16). The summed E-state index contributed by atoms with van der Waals surface area (Å²) in [5, 5.41) is 0. The fourth-order valence-electron chi connectivity index (χ4n) is 1.46. The number of rotatable bonds is 4. The van der Waals surface area contributed by atoms with Crippen LogP contribution in [0.25, 0.3) is 11.1 Å². The van der Waals surface area contributed by atoms with Crippen LogP contribution < -0.4 is 5.48 Å². The van der Waals surface area contributed by atoms with Crippen LogP contribution in [0.1, 0.15) is 0 Å². The first kappa shape index (κ1) is 12.6. The van der Waals surface area contributed by atoms with Crippen molar-refractivity contribution in [3.63, 3.8) is 0 Å². The highest BCUT2D eigenvalue weighted by atomic mass is 32.3. The van der Waals surface area contributed by atoms with Crippen LogP contribution in [0.15, 0.2) is 54.6 Å². The second-order valence-electron chi connectivity index (χ2n) is 3.56. The topological polar surface area (TPSA) is 75.6 Å². The van der Waals surface area contributed by atoms with Crippen LogP contribution in [0.5, 0.6) is 0 Å². The van der Waals surface area contributed by atoms with E-state index in [0.29, 0.717) is 5.69 Å². The maximum absolute atomic E-state index is 10.4. The van der Waals surface area contributed by atoms with Crippen molar-refractivity contribution in [2.24, 2.45) is 0 Å². The molecule has 0 radical (unpaired) electrons. The van der Waals surface area contributed by atoms with E-state index in [1.165, 1.54) is 0 Å². The molecular weight excluding hydrogens is 254 g/mol. The van der Waals surface area contributed by atoms with Crippen molar-refractivity contribution in [1.82, 2.24) is 0 Å². The molecule has 2 N–H and O–H groups in total. The summed E-state index contributed by atoms with van der Waals surface area (Å²) in [5.74, 6) is 0. The molecule has 0 aliphatic heterocycles. The molecule has 0 saturated heterocycles. The predicted molar refractivity (Wildman–Crippen MR) is 68.1 cm³/mol. The monoisotopic (exact) mass is 265 g/mol. The predicted octanol–water partition coefficient (Wildman–Crippen LogP) is 2.50. The Morgan fingerprint density at radius 2 is 1.44 bits per heavy atom. The number of hydrogen-bond acceptors (Lipinski definition) is 4. The Kier molecular flexibility index (Phi) is 3.61. The Hall–Kier alpha value is -1.89. The van der Waals surface area contributed by atoms with Crippen LogP contribution >= 0.6 is 0 Å². The van der Waals surface area contributed by atoms with Gasteiger partial charge in [-0.1, -0.05) is 42.5 Å². The van der Waals surface area contributed by atoms with Crippen LogP contribution in [0.3, 0.4) is 0 Å². The van der Waals surface area contributed by atoms with Gasteiger partial charge in [0.2, 0.25) is 0 Å². The minimum Gasteiger partial charge on any atom is -0.262 e. The average molecular weight is 265 g/mol. The highest BCUT2D eigenvalue weighted by Gasteiger charge is 2.04. The first-order chi connectivity index (χ1) is 8.54. The lowest BCUT2D eigenvalue weighted by Crippen LogP contribution is -2.09. The van der Waals surface area contributed by atoms with Crippen LogP contribution in [-0.2, 0) is 14.7 Å². The van der Waals surface area contributed by atoms with Gasteiger partial charge in [0.15, 0.2) is 0 Å². The highest BCUT2D eigenvalue weighted by Crippen LogP contribution is 2.20. The van der Waals surface area contributed by atoms with Gasteiger partial charge in [-0.25, -0.2) is 5.48 Å². The lowest BCUT2D eigenvalue weighted by Gasteiger charge is -2.05. The number of hydrogen-bond donors (Lipinski definition) is 2. The van der Waals surface area contributed by atoms with Crippen molar-refractivity contribution in [1.29, 1.82) is 0 Å². The molecular formula is C12H11NO4S. The molecule has 94 valence electrons. The van der Waals surface area contributed by atoms with E-state index in [-0.39, 0.29) is 0 Å². The van der Waals surface area contributed by atoms with E-state index in [4.69, 9.17) is 4.55 Å². The summed E-state index contributed by atoms with van der Waals surface area (Å²) >= 11 is 0. The zero-order chi connectivity index (χ0) is 13.0. The molecule has 0 bridgehead atoms. The second-order valence-corrected chi connectivity index (χ2v) is 4.58. The van der Waals surface area contributed by atoms with Crippen LogP contribution in [0, 0.1) is 0 Å². The largest absolute Gasteiger partial charge is 0.418 e. The zero-order valence-corrected chi connectivity index (χ0v) is 10.1. The maximum atomic E-state index is 10.4. The maximum Gasteiger partial charge on any atom is 0.418 e. The first-order valence-corrected chi connectivity index (χ1v) is 6.48. The quantitative estimate of drug-likeness (QED) is 0.656. The Bertz CT molecular complexity index is 608. The lowest BCUT2D eigenvalue weighted by molar-refractivity contribution is 0.320. The normalized spacial score (nSPS) is 11.2. The van der Waals surface area contributed by atoms with Gasteiger partial charge in [0.05, 0.1) is 5.69 Å². The van der Waals surface area contributed by atoms with E-state index in [1.54, 1.807) is 12.1 Å². The first-order valence-electron chi connectivity index (χ1n) is 5.12. The van der Waals surface area contributed by atoms with Gasteiger partial charge in [-0.05, 0) is 23.3 Å². The van der Waals surface area contributed by atoms with Gasteiger partial charge < -0.3 is 0 Å². The molecule has 6 heteroatoms. The third-order valence-corrected chi connectivity index (χ3v) is 2.55. The van der Waals surface area contributed by atoms with Gasteiger partial charge in [0.1, 0.15) is 0 Å². The van der Waals surface area contributed by atoms with Gasteiger partial charge in [0, 0.05) is 0 Å². The third-order valence-electron chi connectivity index (χ3n) is 2.26. The van der Waals surface area contributed by atoms with E-state index < -0.39 is 10.4 Å². The Morgan fingerprint density at radius 3 is 2.00 bits per heavy atom. The molecule has 0 amide bonds. The van der Waals surface area contributed by atoms with E-state index in [0.717, 1.165) is 11.1 Å². The Labute approximate surface area is 105 Å². The van der Waals surface area contributed by atoms with E-state index in [2.05, 4.69) is 9.76 Å².